The van der Waals surface area contributed by atoms with E-state index < -0.39 is 13.9 Å². The van der Waals surface area contributed by atoms with E-state index in [4.69, 9.17) is 9.42 Å². The van der Waals surface area contributed by atoms with Crippen molar-refractivity contribution in [3.05, 3.63) is 26.6 Å². The zero-order valence-corrected chi connectivity index (χ0v) is 12.6. The molecule has 0 bridgehead atoms. The van der Waals surface area contributed by atoms with E-state index in [2.05, 4.69) is 31.9 Å². The number of benzene rings is 1. The molecule has 1 rings (SSSR count). The van der Waals surface area contributed by atoms with E-state index in [1.54, 1.807) is 26.0 Å². The van der Waals surface area contributed by atoms with Gasteiger partial charge >= 0.3 is 8.25 Å². The van der Waals surface area contributed by atoms with E-state index in [1.807, 2.05) is 0 Å². The van der Waals surface area contributed by atoms with Crippen molar-refractivity contribution in [2.75, 3.05) is 0 Å². The number of hydrogen-bond donors (Lipinski definition) is 2. The molecule has 0 amide bonds. The molecule has 7 heteroatoms. The minimum absolute atomic E-state index is 0.0768. The number of phenolic OH excluding ortho intramolecular Hbond substituents is 1. The van der Waals surface area contributed by atoms with Crippen molar-refractivity contribution in [2.45, 2.75) is 19.4 Å². The van der Waals surface area contributed by atoms with E-state index in [-0.39, 0.29) is 5.75 Å². The summed E-state index contributed by atoms with van der Waals surface area (Å²) in [7, 11) is -2.68. The topological polar surface area (TPSA) is 66.8 Å². The third-order valence-electron chi connectivity index (χ3n) is 2.02. The average Bonchev–Trinajstić information content (AvgIpc) is 2.11. The summed E-state index contributed by atoms with van der Waals surface area (Å²) in [5.41, 5.74) is -0.248. The summed E-state index contributed by atoms with van der Waals surface area (Å²) in [5, 5.41) is 9.54. The number of hydrogen-bond acceptors (Lipinski definition) is 3. The van der Waals surface area contributed by atoms with Gasteiger partial charge in [0.15, 0.2) is 0 Å². The quantitative estimate of drug-likeness (QED) is 0.791. The van der Waals surface area contributed by atoms with Gasteiger partial charge in [0.2, 0.25) is 0 Å². The minimum atomic E-state index is -2.68. The summed E-state index contributed by atoms with van der Waals surface area (Å²) < 4.78 is 16.6. The molecule has 0 saturated heterocycles. The molecule has 16 heavy (non-hydrogen) atoms. The van der Waals surface area contributed by atoms with Crippen LogP contribution in [0, 0.1) is 0 Å². The van der Waals surface area contributed by atoms with Gasteiger partial charge in [-0.25, -0.2) is 0 Å². The van der Waals surface area contributed by atoms with Gasteiger partial charge in [0.05, 0.1) is 8.95 Å². The Balaban J connectivity index is 3.18. The van der Waals surface area contributed by atoms with Crippen LogP contribution in [0.2, 0.25) is 0 Å². The van der Waals surface area contributed by atoms with Gasteiger partial charge in [-0.1, -0.05) is 0 Å². The van der Waals surface area contributed by atoms with E-state index in [9.17, 15) is 9.67 Å². The van der Waals surface area contributed by atoms with Crippen molar-refractivity contribution < 1.29 is 19.1 Å². The molecule has 0 aromatic heterocycles. The van der Waals surface area contributed by atoms with Crippen LogP contribution in [0.5, 0.6) is 5.75 Å². The fraction of sp³-hybridized carbons (Fsp3) is 0.333. The van der Waals surface area contributed by atoms with Crippen molar-refractivity contribution in [3.63, 3.8) is 0 Å². The highest BCUT2D eigenvalue weighted by Crippen LogP contribution is 2.40. The molecule has 1 aromatic carbocycles. The largest absolute Gasteiger partial charge is 0.695 e. The lowest BCUT2D eigenvalue weighted by Gasteiger charge is -2.18. The monoisotopic (exact) mass is 371 g/mol. The van der Waals surface area contributed by atoms with Crippen molar-refractivity contribution in [1.29, 1.82) is 0 Å². The van der Waals surface area contributed by atoms with Gasteiger partial charge in [-0.15, -0.1) is 9.42 Å². The molecule has 0 aliphatic rings. The molecule has 2 N–H and O–H groups in total. The Morgan fingerprint density at radius 1 is 1.31 bits per heavy atom. The fourth-order valence-electron chi connectivity index (χ4n) is 1.16. The van der Waals surface area contributed by atoms with Gasteiger partial charge < -0.3 is 5.11 Å². The molecule has 0 saturated carbocycles. The first-order valence-corrected chi connectivity index (χ1v) is 6.99. The number of phenols is 1. The third-order valence-corrected chi connectivity index (χ3v) is 3.84. The highest BCUT2D eigenvalue weighted by atomic mass is 79.9. The Hall–Kier alpha value is -0.0000000000000000555. The van der Waals surface area contributed by atoms with Crippen LogP contribution in [-0.2, 0) is 14.7 Å². The van der Waals surface area contributed by atoms with Gasteiger partial charge in [-0.05, 0) is 63.4 Å². The maximum absolute atomic E-state index is 10.7. The second kappa shape index (κ2) is 5.10. The standard InChI is InChI=1S/C9H9Br2O4P/c1-9(2,15-16(13)14)5-3-6(10)8(12)7(11)4-5/h3-4H,1-2H3,(H-,12,13,14)/p+1. The highest BCUT2D eigenvalue weighted by Gasteiger charge is 2.33. The lowest BCUT2D eigenvalue weighted by molar-refractivity contribution is 0.102. The summed E-state index contributed by atoms with van der Waals surface area (Å²) in [6, 6.07) is 3.28. The number of aromatic hydroxyl groups is 1. The molecule has 88 valence electrons. The second-order valence-electron chi connectivity index (χ2n) is 3.63. The summed E-state index contributed by atoms with van der Waals surface area (Å²) in [6.07, 6.45) is 0. The molecule has 4 nitrogen and oxygen atoms in total. The zero-order chi connectivity index (χ0) is 12.5. The van der Waals surface area contributed by atoms with Crippen LogP contribution in [-0.4, -0.2) is 10.00 Å². The Bertz CT molecular complexity index is 411. The van der Waals surface area contributed by atoms with Gasteiger partial charge in [0.1, 0.15) is 11.4 Å². The third kappa shape index (κ3) is 3.25. The molecule has 1 unspecified atom stereocenters. The summed E-state index contributed by atoms with van der Waals surface area (Å²) in [4.78, 5) is 8.76. The summed E-state index contributed by atoms with van der Waals surface area (Å²) in [5.74, 6) is 0.0768. The Labute approximate surface area is 111 Å². The summed E-state index contributed by atoms with van der Waals surface area (Å²) >= 11 is 6.37. The molecular weight excluding hydrogens is 363 g/mol. The van der Waals surface area contributed by atoms with Crippen LogP contribution in [0.15, 0.2) is 21.1 Å². The van der Waals surface area contributed by atoms with E-state index in [0.717, 1.165) is 0 Å². The molecule has 1 aromatic rings. The normalized spacial score (nSPS) is 12.7. The average molecular weight is 373 g/mol. The lowest BCUT2D eigenvalue weighted by Crippen LogP contribution is -2.18. The molecule has 0 aliphatic heterocycles. The first-order chi connectivity index (χ1) is 7.24. The van der Waals surface area contributed by atoms with Gasteiger partial charge in [-0.2, -0.15) is 0 Å². The zero-order valence-electron chi connectivity index (χ0n) is 8.57. The van der Waals surface area contributed by atoms with Crippen molar-refractivity contribution in [3.8, 4) is 5.75 Å². The van der Waals surface area contributed by atoms with Crippen LogP contribution < -0.4 is 0 Å². The van der Waals surface area contributed by atoms with Gasteiger partial charge in [0, 0.05) is 4.57 Å². The first-order valence-electron chi connectivity index (χ1n) is 4.28. The first kappa shape index (κ1) is 14.1. The van der Waals surface area contributed by atoms with Crippen molar-refractivity contribution in [1.82, 2.24) is 0 Å². The van der Waals surface area contributed by atoms with Crippen molar-refractivity contribution in [2.24, 2.45) is 0 Å². The maximum Gasteiger partial charge on any atom is 0.695 e. The van der Waals surface area contributed by atoms with Gasteiger partial charge in [-0.3, -0.25) is 0 Å². The van der Waals surface area contributed by atoms with Crippen LogP contribution in [0.4, 0.5) is 0 Å². The molecule has 0 spiro atoms. The van der Waals surface area contributed by atoms with Crippen molar-refractivity contribution >= 4 is 40.1 Å². The molecule has 0 heterocycles. The predicted molar refractivity (Wildman–Crippen MR) is 67.4 cm³/mol. The lowest BCUT2D eigenvalue weighted by atomic mass is 9.99. The Morgan fingerprint density at radius 3 is 2.12 bits per heavy atom. The van der Waals surface area contributed by atoms with Crippen LogP contribution in [0.25, 0.3) is 0 Å². The summed E-state index contributed by atoms with van der Waals surface area (Å²) in [6.45, 7) is 3.34. The fourth-order valence-corrected chi connectivity index (χ4v) is 2.84. The predicted octanol–water partition coefficient (Wildman–Crippen LogP) is 3.82. The Morgan fingerprint density at radius 2 is 1.75 bits per heavy atom. The van der Waals surface area contributed by atoms with E-state index >= 15 is 0 Å². The molecule has 0 fully saturated rings. The van der Waals surface area contributed by atoms with Crippen LogP contribution >= 0.6 is 40.1 Å². The van der Waals surface area contributed by atoms with Crippen LogP contribution in [0.1, 0.15) is 19.4 Å². The minimum Gasteiger partial charge on any atom is -0.506 e. The molecular formula is C9H10Br2O4P+. The molecule has 1 atom stereocenters. The van der Waals surface area contributed by atoms with E-state index in [1.165, 1.54) is 0 Å². The second-order valence-corrected chi connectivity index (χ2v) is 5.99. The smallest absolute Gasteiger partial charge is 0.506 e. The van der Waals surface area contributed by atoms with E-state index in [0.29, 0.717) is 14.5 Å². The SMILES string of the molecule is CC(C)(O[P+](=O)O)c1cc(Br)c(O)c(Br)c1. The highest BCUT2D eigenvalue weighted by molar-refractivity contribution is 9.11. The van der Waals surface area contributed by atoms with Gasteiger partial charge in [0.25, 0.3) is 0 Å². The van der Waals surface area contributed by atoms with Crippen LogP contribution in [0.3, 0.4) is 0 Å². The maximum atomic E-state index is 10.7. The Kier molecular flexibility index (Phi) is 4.49. The molecule has 0 aliphatic carbocycles. The number of rotatable bonds is 3. The number of halogens is 2. The molecule has 0 radical (unpaired) electrons.